The Kier molecular flexibility index (Phi) is 6.09. The Bertz CT molecular complexity index is 1210. The van der Waals surface area contributed by atoms with Gasteiger partial charge < -0.3 is 9.67 Å². The number of aromatic nitrogens is 1. The van der Waals surface area contributed by atoms with Crippen LogP contribution in [0.1, 0.15) is 12.5 Å². The molecule has 1 fully saturated rings. The molecule has 1 N–H and O–H groups in total. The monoisotopic (exact) mass is 443 g/mol. The smallest absolute Gasteiger partial charge is 0.280 e. The van der Waals surface area contributed by atoms with Gasteiger partial charge in [0.05, 0.1) is 30.2 Å². The summed E-state index contributed by atoms with van der Waals surface area (Å²) >= 11 is 0. The molecule has 0 aliphatic carbocycles. The lowest BCUT2D eigenvalue weighted by molar-refractivity contribution is -0.114. The van der Waals surface area contributed by atoms with Gasteiger partial charge in [0.1, 0.15) is 0 Å². The zero-order valence-electron chi connectivity index (χ0n) is 18.9. The molecule has 0 radical (unpaired) electrons. The maximum atomic E-state index is 13.2. The fraction of sp³-hybridized carbons (Fsp3) is 0.308. The third-order valence-corrected chi connectivity index (χ3v) is 6.42. The molecule has 0 bridgehead atoms. The van der Waals surface area contributed by atoms with Gasteiger partial charge >= 0.3 is 0 Å². The van der Waals surface area contributed by atoms with Crippen LogP contribution in [-0.4, -0.2) is 70.4 Å². The summed E-state index contributed by atoms with van der Waals surface area (Å²) in [4.78, 5) is 17.9. The molecule has 1 amide bonds. The number of rotatable bonds is 6. The van der Waals surface area contributed by atoms with Crippen molar-refractivity contribution in [3.05, 3.63) is 71.9 Å². The van der Waals surface area contributed by atoms with E-state index in [2.05, 4.69) is 43.9 Å². The molecular weight excluding hydrogens is 414 g/mol. The highest BCUT2D eigenvalue weighted by Crippen LogP contribution is 2.28. The largest absolute Gasteiger partial charge is 0.395 e. The van der Waals surface area contributed by atoms with Crippen molar-refractivity contribution < 1.29 is 9.90 Å². The Labute approximate surface area is 193 Å². The number of nitrogens with zero attached hydrogens (tertiary/aromatic N) is 5. The van der Waals surface area contributed by atoms with Gasteiger partial charge in [0.25, 0.3) is 5.91 Å². The number of para-hydroxylation sites is 2. The van der Waals surface area contributed by atoms with Gasteiger partial charge in [0, 0.05) is 55.4 Å². The van der Waals surface area contributed by atoms with E-state index in [-0.39, 0.29) is 12.5 Å². The van der Waals surface area contributed by atoms with E-state index in [1.165, 1.54) is 5.01 Å². The van der Waals surface area contributed by atoms with Crippen molar-refractivity contribution >= 4 is 34.3 Å². The van der Waals surface area contributed by atoms with Gasteiger partial charge in [-0.1, -0.05) is 36.4 Å². The third-order valence-electron chi connectivity index (χ3n) is 6.42. The highest BCUT2D eigenvalue weighted by atomic mass is 16.3. The number of hydrogen-bond donors (Lipinski definition) is 1. The summed E-state index contributed by atoms with van der Waals surface area (Å²) < 4.78 is 2.27. The molecule has 0 atom stereocenters. The summed E-state index contributed by atoms with van der Waals surface area (Å²) in [7, 11) is 0. The second kappa shape index (κ2) is 9.31. The van der Waals surface area contributed by atoms with Gasteiger partial charge in [-0.2, -0.15) is 10.1 Å². The maximum absolute atomic E-state index is 13.2. The predicted molar refractivity (Wildman–Crippen MR) is 132 cm³/mol. The molecule has 3 aromatic rings. The topological polar surface area (TPSA) is 64.3 Å². The number of aliphatic hydroxyl groups excluding tert-OH is 1. The van der Waals surface area contributed by atoms with Gasteiger partial charge in [-0.3, -0.25) is 14.6 Å². The lowest BCUT2D eigenvalue weighted by Gasteiger charge is -2.34. The first-order chi connectivity index (χ1) is 16.1. The van der Waals surface area contributed by atoms with Crippen molar-refractivity contribution in [2.75, 3.05) is 44.3 Å². The van der Waals surface area contributed by atoms with Crippen LogP contribution in [0.15, 0.2) is 71.5 Å². The Morgan fingerprint density at radius 2 is 1.67 bits per heavy atom. The Morgan fingerprint density at radius 3 is 2.42 bits per heavy atom. The normalized spacial score (nSPS) is 19.1. The minimum atomic E-state index is -0.101. The molecule has 1 aromatic heterocycles. The van der Waals surface area contributed by atoms with Crippen LogP contribution < -0.4 is 5.01 Å². The maximum Gasteiger partial charge on any atom is 0.280 e. The van der Waals surface area contributed by atoms with Gasteiger partial charge in [-0.05, 0) is 31.2 Å². The zero-order valence-corrected chi connectivity index (χ0v) is 18.9. The van der Waals surface area contributed by atoms with Crippen LogP contribution in [0.4, 0.5) is 5.69 Å². The second-order valence-electron chi connectivity index (χ2n) is 8.59. The fourth-order valence-corrected chi connectivity index (χ4v) is 4.60. The summed E-state index contributed by atoms with van der Waals surface area (Å²) in [6.07, 6.45) is 4.12. The van der Waals surface area contributed by atoms with Gasteiger partial charge in [0.15, 0.2) is 0 Å². The Morgan fingerprint density at radius 1 is 0.970 bits per heavy atom. The fourth-order valence-electron chi connectivity index (χ4n) is 4.60. The number of benzene rings is 2. The summed E-state index contributed by atoms with van der Waals surface area (Å²) in [6, 6.07) is 17.9. The summed E-state index contributed by atoms with van der Waals surface area (Å²) in [5, 5.41) is 16.3. The molecule has 2 aliphatic rings. The Balaban J connectivity index is 1.41. The number of hydrazone groups is 1. The van der Waals surface area contributed by atoms with Crippen molar-refractivity contribution in [3.8, 4) is 0 Å². The van der Waals surface area contributed by atoms with E-state index in [0.29, 0.717) is 5.57 Å². The SMILES string of the molecule is CC1=NN(c2ccccc2)C(=O)C1=Cc1cn(CN2CCN(CCO)CC2)c2ccccc12. The number of amides is 1. The first-order valence-corrected chi connectivity index (χ1v) is 11.4. The zero-order chi connectivity index (χ0) is 22.8. The highest BCUT2D eigenvalue weighted by Gasteiger charge is 2.29. The molecule has 3 heterocycles. The number of hydrogen-bond acceptors (Lipinski definition) is 5. The van der Waals surface area contributed by atoms with E-state index in [0.717, 1.165) is 67.3 Å². The van der Waals surface area contributed by atoms with Crippen molar-refractivity contribution in [2.45, 2.75) is 13.6 Å². The van der Waals surface area contributed by atoms with E-state index in [9.17, 15) is 9.90 Å². The van der Waals surface area contributed by atoms with Crippen molar-refractivity contribution in [2.24, 2.45) is 5.10 Å². The van der Waals surface area contributed by atoms with Crippen LogP contribution in [0.3, 0.4) is 0 Å². The van der Waals surface area contributed by atoms with Crippen molar-refractivity contribution in [1.82, 2.24) is 14.4 Å². The van der Waals surface area contributed by atoms with E-state index < -0.39 is 0 Å². The first kappa shape index (κ1) is 21.6. The summed E-state index contributed by atoms with van der Waals surface area (Å²) in [5.74, 6) is -0.101. The number of aliphatic hydroxyl groups is 1. The summed E-state index contributed by atoms with van der Waals surface area (Å²) in [6.45, 7) is 7.52. The van der Waals surface area contributed by atoms with Gasteiger partial charge in [-0.15, -0.1) is 0 Å². The molecule has 0 unspecified atom stereocenters. The standard InChI is InChI=1S/C26H29N5O2/c1-20-24(26(33)31(27-20)22-7-3-2-4-8-22)17-21-18-30(25-10-6-5-9-23(21)25)19-29-13-11-28(12-14-29)15-16-32/h2-10,17-18,32H,11-16,19H2,1H3. The van der Waals surface area contributed by atoms with Crippen molar-refractivity contribution in [3.63, 3.8) is 0 Å². The molecule has 5 rings (SSSR count). The quantitative estimate of drug-likeness (QED) is 0.595. The van der Waals surface area contributed by atoms with E-state index in [4.69, 9.17) is 0 Å². The Hall–Kier alpha value is -3.26. The van der Waals surface area contributed by atoms with E-state index >= 15 is 0 Å². The second-order valence-corrected chi connectivity index (χ2v) is 8.59. The number of piperazine rings is 1. The number of β-amino-alcohol motifs (C(OH)–C–C–N with tert-alkyl or cyclic N) is 1. The van der Waals surface area contributed by atoms with Gasteiger partial charge in [0.2, 0.25) is 0 Å². The molecule has 170 valence electrons. The lowest BCUT2D eigenvalue weighted by atomic mass is 10.1. The molecule has 33 heavy (non-hydrogen) atoms. The predicted octanol–water partition coefficient (Wildman–Crippen LogP) is 3.01. The number of fused-ring (bicyclic) bond motifs is 1. The van der Waals surface area contributed by atoms with Crippen LogP contribution in [0, 0.1) is 0 Å². The third kappa shape index (κ3) is 4.35. The molecule has 2 aliphatic heterocycles. The molecule has 0 saturated carbocycles. The first-order valence-electron chi connectivity index (χ1n) is 11.4. The minimum Gasteiger partial charge on any atom is -0.395 e. The average molecular weight is 444 g/mol. The number of carbonyl (C=O) groups excluding carboxylic acids is 1. The van der Waals surface area contributed by atoms with E-state index in [1.54, 1.807) is 0 Å². The molecule has 7 nitrogen and oxygen atoms in total. The van der Waals surface area contributed by atoms with Crippen LogP contribution in [0.5, 0.6) is 0 Å². The van der Waals surface area contributed by atoms with E-state index in [1.807, 2.05) is 49.4 Å². The molecule has 7 heteroatoms. The average Bonchev–Trinajstić information content (AvgIpc) is 3.33. The van der Waals surface area contributed by atoms with Crippen molar-refractivity contribution in [1.29, 1.82) is 0 Å². The van der Waals surface area contributed by atoms with Crippen LogP contribution in [-0.2, 0) is 11.5 Å². The molecule has 1 saturated heterocycles. The number of carbonyl (C=O) groups is 1. The summed E-state index contributed by atoms with van der Waals surface area (Å²) in [5.41, 5.74) is 4.30. The molecule has 2 aromatic carbocycles. The minimum absolute atomic E-state index is 0.101. The van der Waals surface area contributed by atoms with Crippen LogP contribution in [0.25, 0.3) is 17.0 Å². The molecule has 0 spiro atoms. The van der Waals surface area contributed by atoms with Crippen LogP contribution in [0.2, 0.25) is 0 Å². The van der Waals surface area contributed by atoms with Crippen LogP contribution >= 0.6 is 0 Å². The van der Waals surface area contributed by atoms with Gasteiger partial charge in [-0.25, -0.2) is 0 Å². The number of anilines is 1. The lowest BCUT2D eigenvalue weighted by Crippen LogP contribution is -2.47. The highest BCUT2D eigenvalue weighted by molar-refractivity contribution is 6.32. The molecular formula is C26H29N5O2.